The molecule has 1 aliphatic carbocycles. The van der Waals surface area contributed by atoms with Crippen molar-refractivity contribution in [1.82, 2.24) is 9.47 Å². The second kappa shape index (κ2) is 9.69. The number of para-hydroxylation sites is 1. The standard InChI is InChI=1S/C30H37N3O2/c34-30(35)23-13-14-24-27(21-23)33-20-19-32(18-17-31-15-7-2-8-16-31)26-12-6-5-11-25(26)29(33)28(24)22-9-3-1-4-10-22/h5-6,11-14,21-22H,1-4,7-10,15-20H2,(H,34,35). The SMILES string of the molecule is O=C(O)c1ccc2c(C3CCCCC3)c3n(c2c1)CCN(CCN1CCCCC1)c1ccccc1-3. The Morgan fingerprint density at radius 2 is 1.63 bits per heavy atom. The first-order valence-corrected chi connectivity index (χ1v) is 13.7. The van der Waals surface area contributed by atoms with Gasteiger partial charge in [0.2, 0.25) is 0 Å². The van der Waals surface area contributed by atoms with Gasteiger partial charge in [0.1, 0.15) is 0 Å². The number of hydrogen-bond acceptors (Lipinski definition) is 3. The number of nitrogens with zero attached hydrogens (tertiary/aromatic N) is 3. The number of carboxylic acids is 1. The molecule has 3 aromatic rings. The van der Waals surface area contributed by atoms with Gasteiger partial charge >= 0.3 is 5.97 Å². The molecule has 184 valence electrons. The van der Waals surface area contributed by atoms with E-state index < -0.39 is 5.97 Å². The summed E-state index contributed by atoms with van der Waals surface area (Å²) in [6.07, 6.45) is 10.4. The molecule has 5 heteroatoms. The minimum Gasteiger partial charge on any atom is -0.478 e. The molecule has 5 nitrogen and oxygen atoms in total. The van der Waals surface area contributed by atoms with Gasteiger partial charge in [-0.05, 0) is 68.5 Å². The number of anilines is 1. The highest BCUT2D eigenvalue weighted by Crippen LogP contribution is 2.47. The molecule has 3 heterocycles. The summed E-state index contributed by atoms with van der Waals surface area (Å²) in [5, 5.41) is 11.0. The fourth-order valence-corrected chi connectivity index (χ4v) is 6.80. The molecule has 1 N–H and O–H groups in total. The van der Waals surface area contributed by atoms with Gasteiger partial charge in [0.25, 0.3) is 0 Å². The van der Waals surface area contributed by atoms with Crippen LogP contribution < -0.4 is 4.90 Å². The molecule has 0 bridgehead atoms. The highest BCUT2D eigenvalue weighted by atomic mass is 16.4. The van der Waals surface area contributed by atoms with Gasteiger partial charge in [0.15, 0.2) is 0 Å². The number of rotatable bonds is 5. The van der Waals surface area contributed by atoms with E-state index in [1.807, 2.05) is 6.07 Å². The summed E-state index contributed by atoms with van der Waals surface area (Å²) in [6.45, 7) is 6.44. The van der Waals surface area contributed by atoms with Crippen LogP contribution in [0.1, 0.15) is 73.2 Å². The molecule has 1 saturated heterocycles. The maximum Gasteiger partial charge on any atom is 0.335 e. The van der Waals surface area contributed by atoms with Crippen LogP contribution in [-0.2, 0) is 6.54 Å². The number of carbonyl (C=O) groups is 1. The number of aromatic nitrogens is 1. The second-order valence-electron chi connectivity index (χ2n) is 10.7. The lowest BCUT2D eigenvalue weighted by Gasteiger charge is -2.31. The van der Waals surface area contributed by atoms with Crippen molar-refractivity contribution in [3.63, 3.8) is 0 Å². The van der Waals surface area contributed by atoms with Gasteiger partial charge in [-0.1, -0.05) is 49.9 Å². The van der Waals surface area contributed by atoms with Crippen molar-refractivity contribution in [2.45, 2.75) is 63.8 Å². The number of carboxylic acid groups (broad SMARTS) is 1. The number of piperidine rings is 1. The van der Waals surface area contributed by atoms with Crippen LogP contribution in [0.4, 0.5) is 5.69 Å². The van der Waals surface area contributed by atoms with Crippen molar-refractivity contribution in [2.24, 2.45) is 0 Å². The first-order chi connectivity index (χ1) is 17.2. The predicted molar refractivity (Wildman–Crippen MR) is 143 cm³/mol. The first-order valence-electron chi connectivity index (χ1n) is 13.7. The highest BCUT2D eigenvalue weighted by molar-refractivity contribution is 5.99. The molecule has 2 aromatic carbocycles. The van der Waals surface area contributed by atoms with Gasteiger partial charge in [0, 0.05) is 48.3 Å². The van der Waals surface area contributed by atoms with E-state index in [1.165, 1.54) is 92.4 Å². The van der Waals surface area contributed by atoms with Crippen LogP contribution in [-0.4, -0.2) is 53.3 Å². The van der Waals surface area contributed by atoms with Gasteiger partial charge in [-0.15, -0.1) is 0 Å². The molecule has 2 aliphatic heterocycles. The third-order valence-electron chi connectivity index (χ3n) is 8.59. The van der Waals surface area contributed by atoms with Crippen LogP contribution in [0.25, 0.3) is 22.2 Å². The number of fused-ring (bicyclic) bond motifs is 5. The monoisotopic (exact) mass is 471 g/mol. The van der Waals surface area contributed by atoms with Crippen molar-refractivity contribution in [3.05, 3.63) is 53.6 Å². The Balaban J connectivity index is 1.46. The van der Waals surface area contributed by atoms with E-state index in [1.54, 1.807) is 6.07 Å². The van der Waals surface area contributed by atoms with E-state index in [4.69, 9.17) is 0 Å². The molecule has 0 radical (unpaired) electrons. The summed E-state index contributed by atoms with van der Waals surface area (Å²) in [7, 11) is 0. The third kappa shape index (κ3) is 4.24. The Morgan fingerprint density at radius 3 is 2.43 bits per heavy atom. The molecule has 3 aliphatic rings. The van der Waals surface area contributed by atoms with E-state index in [0.29, 0.717) is 11.5 Å². The summed E-state index contributed by atoms with van der Waals surface area (Å²) >= 11 is 0. The van der Waals surface area contributed by atoms with Gasteiger partial charge in [-0.25, -0.2) is 4.79 Å². The maximum absolute atomic E-state index is 11.9. The van der Waals surface area contributed by atoms with Gasteiger partial charge in [-0.3, -0.25) is 0 Å². The first kappa shape index (κ1) is 22.7. The zero-order valence-electron chi connectivity index (χ0n) is 20.7. The fraction of sp³-hybridized carbons (Fsp3) is 0.500. The minimum absolute atomic E-state index is 0.382. The molecule has 1 saturated carbocycles. The molecule has 0 atom stereocenters. The summed E-state index contributed by atoms with van der Waals surface area (Å²) in [5.74, 6) is -0.301. The van der Waals surface area contributed by atoms with E-state index in [9.17, 15) is 9.90 Å². The minimum atomic E-state index is -0.848. The third-order valence-corrected chi connectivity index (χ3v) is 8.59. The zero-order chi connectivity index (χ0) is 23.8. The Kier molecular flexibility index (Phi) is 6.28. The van der Waals surface area contributed by atoms with Crippen LogP contribution >= 0.6 is 0 Å². The number of hydrogen-bond donors (Lipinski definition) is 1. The van der Waals surface area contributed by atoms with Crippen molar-refractivity contribution in [2.75, 3.05) is 37.6 Å². The molecule has 0 spiro atoms. The molecular weight excluding hydrogens is 434 g/mol. The molecular formula is C30H37N3O2. The lowest BCUT2D eigenvalue weighted by atomic mass is 9.81. The number of likely N-dealkylation sites (tertiary alicyclic amines) is 1. The van der Waals surface area contributed by atoms with Crippen molar-refractivity contribution in [3.8, 4) is 11.3 Å². The maximum atomic E-state index is 11.9. The molecule has 35 heavy (non-hydrogen) atoms. The Bertz CT molecular complexity index is 1220. The molecule has 0 unspecified atom stereocenters. The van der Waals surface area contributed by atoms with Crippen molar-refractivity contribution >= 4 is 22.6 Å². The summed E-state index contributed by atoms with van der Waals surface area (Å²) < 4.78 is 2.45. The van der Waals surface area contributed by atoms with Gasteiger partial charge in [-0.2, -0.15) is 0 Å². The van der Waals surface area contributed by atoms with Crippen LogP contribution in [0.2, 0.25) is 0 Å². The Hall–Kier alpha value is -2.79. The zero-order valence-corrected chi connectivity index (χ0v) is 20.7. The van der Waals surface area contributed by atoms with Gasteiger partial charge in [0.05, 0.1) is 11.3 Å². The highest BCUT2D eigenvalue weighted by Gasteiger charge is 2.30. The lowest BCUT2D eigenvalue weighted by Crippen LogP contribution is -2.38. The van der Waals surface area contributed by atoms with Crippen molar-refractivity contribution in [1.29, 1.82) is 0 Å². The molecule has 6 rings (SSSR count). The second-order valence-corrected chi connectivity index (χ2v) is 10.7. The van der Waals surface area contributed by atoms with Crippen LogP contribution in [0.3, 0.4) is 0 Å². The van der Waals surface area contributed by atoms with Crippen LogP contribution in [0.15, 0.2) is 42.5 Å². The Labute approximate surface area is 208 Å². The summed E-state index contributed by atoms with van der Waals surface area (Å²) in [4.78, 5) is 17.1. The Morgan fingerprint density at radius 1 is 0.857 bits per heavy atom. The van der Waals surface area contributed by atoms with E-state index in [2.05, 4.69) is 44.7 Å². The van der Waals surface area contributed by atoms with E-state index >= 15 is 0 Å². The van der Waals surface area contributed by atoms with Crippen molar-refractivity contribution < 1.29 is 9.90 Å². The fourth-order valence-electron chi connectivity index (χ4n) is 6.80. The summed E-state index contributed by atoms with van der Waals surface area (Å²) in [6, 6.07) is 14.7. The number of benzene rings is 2. The normalized spacial score (nSPS) is 19.4. The molecule has 2 fully saturated rings. The lowest BCUT2D eigenvalue weighted by molar-refractivity contribution is 0.0697. The van der Waals surface area contributed by atoms with E-state index in [-0.39, 0.29) is 0 Å². The molecule has 1 aromatic heterocycles. The topological polar surface area (TPSA) is 48.7 Å². The number of aromatic carboxylic acids is 1. The predicted octanol–water partition coefficient (Wildman–Crippen LogP) is 6.36. The molecule has 0 amide bonds. The largest absolute Gasteiger partial charge is 0.478 e. The average molecular weight is 472 g/mol. The average Bonchev–Trinajstić information content (AvgIpc) is 3.14. The van der Waals surface area contributed by atoms with Crippen LogP contribution in [0.5, 0.6) is 0 Å². The van der Waals surface area contributed by atoms with Gasteiger partial charge < -0.3 is 19.5 Å². The quantitative estimate of drug-likeness (QED) is 0.470. The summed E-state index contributed by atoms with van der Waals surface area (Å²) in [5.41, 5.74) is 6.92. The smallest absolute Gasteiger partial charge is 0.335 e. The van der Waals surface area contributed by atoms with E-state index in [0.717, 1.165) is 31.7 Å². The van der Waals surface area contributed by atoms with Crippen LogP contribution in [0, 0.1) is 0 Å².